The van der Waals surface area contributed by atoms with Crippen molar-refractivity contribution in [2.45, 2.75) is 84.3 Å². The van der Waals surface area contributed by atoms with E-state index in [1.165, 1.54) is 0 Å². The highest BCUT2D eigenvalue weighted by molar-refractivity contribution is 5.91. The molecule has 4 rings (SSSR count). The SMILES string of the molecule is C[C@H](CCC(=O)[O-])[C@H]1CC[C@H]2[C@@H]3[C@H](O)CC4=CC(=O)CC[C@]4(C)[C@H]3C[C@H](O)[C@]12C. The van der Waals surface area contributed by atoms with Gasteiger partial charge in [0.2, 0.25) is 0 Å². The highest BCUT2D eigenvalue weighted by Gasteiger charge is 2.64. The molecule has 0 aromatic carbocycles. The second kappa shape index (κ2) is 7.19. The summed E-state index contributed by atoms with van der Waals surface area (Å²) in [6, 6.07) is 0. The molecule has 0 unspecified atom stereocenters. The molecule has 2 N–H and O–H groups in total. The molecule has 0 radical (unpaired) electrons. The van der Waals surface area contributed by atoms with E-state index in [4.69, 9.17) is 0 Å². The maximum absolute atomic E-state index is 12.0. The Morgan fingerprint density at radius 2 is 2.00 bits per heavy atom. The van der Waals surface area contributed by atoms with Crippen LogP contribution in [0.15, 0.2) is 11.6 Å². The summed E-state index contributed by atoms with van der Waals surface area (Å²) in [5.41, 5.74) is 0.670. The summed E-state index contributed by atoms with van der Waals surface area (Å²) >= 11 is 0. The zero-order chi connectivity index (χ0) is 21.1. The van der Waals surface area contributed by atoms with Crippen LogP contribution in [0, 0.1) is 40.4 Å². The fourth-order valence-corrected chi connectivity index (χ4v) is 8.01. The monoisotopic (exact) mass is 403 g/mol. The van der Waals surface area contributed by atoms with E-state index < -0.39 is 18.2 Å². The summed E-state index contributed by atoms with van der Waals surface area (Å²) in [5, 5.41) is 33.5. The van der Waals surface area contributed by atoms with Crippen molar-refractivity contribution >= 4 is 11.8 Å². The fraction of sp³-hybridized carbons (Fsp3) is 0.833. The average molecular weight is 404 g/mol. The minimum Gasteiger partial charge on any atom is -0.550 e. The van der Waals surface area contributed by atoms with Crippen LogP contribution < -0.4 is 5.11 Å². The molecule has 0 aromatic heterocycles. The molecule has 0 bridgehead atoms. The number of fused-ring (bicyclic) bond motifs is 5. The van der Waals surface area contributed by atoms with E-state index in [2.05, 4.69) is 20.8 Å². The van der Waals surface area contributed by atoms with E-state index in [-0.39, 0.29) is 52.6 Å². The van der Waals surface area contributed by atoms with Gasteiger partial charge in [-0.05, 0) is 91.4 Å². The van der Waals surface area contributed by atoms with Gasteiger partial charge in [0.05, 0.1) is 12.2 Å². The lowest BCUT2D eigenvalue weighted by Gasteiger charge is -2.61. The number of aliphatic hydroxyl groups excluding tert-OH is 2. The van der Waals surface area contributed by atoms with E-state index in [1.54, 1.807) is 6.08 Å². The number of carboxylic acids is 1. The largest absolute Gasteiger partial charge is 0.550 e. The van der Waals surface area contributed by atoms with Gasteiger partial charge in [-0.25, -0.2) is 0 Å². The summed E-state index contributed by atoms with van der Waals surface area (Å²) in [4.78, 5) is 22.9. The zero-order valence-electron chi connectivity index (χ0n) is 17.9. The van der Waals surface area contributed by atoms with Crippen LogP contribution in [0.4, 0.5) is 0 Å². The number of carbonyl (C=O) groups is 2. The molecule has 9 atom stereocenters. The van der Waals surface area contributed by atoms with Crippen molar-refractivity contribution in [3.8, 4) is 0 Å². The Hall–Kier alpha value is -1.20. The number of ketones is 1. The first-order valence-corrected chi connectivity index (χ1v) is 11.4. The lowest BCUT2D eigenvalue weighted by molar-refractivity contribution is -0.306. The van der Waals surface area contributed by atoms with Gasteiger partial charge in [0.1, 0.15) is 0 Å². The minimum atomic E-state index is -1.01. The lowest BCUT2D eigenvalue weighted by atomic mass is 9.45. The average Bonchev–Trinajstić information content (AvgIpc) is 3.01. The third-order valence-electron chi connectivity index (χ3n) is 9.65. The number of hydrogen-bond acceptors (Lipinski definition) is 5. The van der Waals surface area contributed by atoms with Gasteiger partial charge in [-0.1, -0.05) is 26.3 Å². The Balaban J connectivity index is 1.64. The van der Waals surface area contributed by atoms with Crippen LogP contribution in [0.25, 0.3) is 0 Å². The van der Waals surface area contributed by atoms with Crippen molar-refractivity contribution < 1.29 is 24.9 Å². The van der Waals surface area contributed by atoms with Crippen LogP contribution in [0.3, 0.4) is 0 Å². The van der Waals surface area contributed by atoms with Crippen LogP contribution in [0.2, 0.25) is 0 Å². The summed E-state index contributed by atoms with van der Waals surface area (Å²) in [7, 11) is 0. The summed E-state index contributed by atoms with van der Waals surface area (Å²) in [5.74, 6) is 0.168. The Labute approximate surface area is 173 Å². The fourth-order valence-electron chi connectivity index (χ4n) is 8.01. The second-order valence-corrected chi connectivity index (χ2v) is 10.8. The molecule has 5 heteroatoms. The van der Waals surface area contributed by atoms with Crippen LogP contribution in [-0.4, -0.2) is 34.2 Å². The molecule has 0 amide bonds. The number of rotatable bonds is 4. The Bertz CT molecular complexity index is 729. The van der Waals surface area contributed by atoms with Gasteiger partial charge in [-0.15, -0.1) is 0 Å². The molecule has 0 spiro atoms. The quantitative estimate of drug-likeness (QED) is 0.750. The summed E-state index contributed by atoms with van der Waals surface area (Å²) < 4.78 is 0. The molecule has 3 saturated carbocycles. The molecule has 4 aliphatic rings. The van der Waals surface area contributed by atoms with Gasteiger partial charge in [0, 0.05) is 12.4 Å². The molecule has 5 nitrogen and oxygen atoms in total. The van der Waals surface area contributed by atoms with Crippen molar-refractivity contribution in [3.05, 3.63) is 11.6 Å². The molecule has 0 heterocycles. The standard InChI is InChI=1S/C24H36O5/c1-13(4-7-21(28)29)16-5-6-17-22-18(12-20(27)24(16,17)3)23(2)9-8-15(25)10-14(23)11-19(22)26/h10,13,16-20,22,26-27H,4-9,11-12H2,1-3H3,(H,28,29)/p-1/t13-,16-,17+,18+,19-,20+,22+,23+,24-/m1/s1. The van der Waals surface area contributed by atoms with Crippen LogP contribution >= 0.6 is 0 Å². The smallest absolute Gasteiger partial charge is 0.155 e. The van der Waals surface area contributed by atoms with Crippen LogP contribution in [0.1, 0.15) is 72.1 Å². The second-order valence-electron chi connectivity index (χ2n) is 10.8. The Morgan fingerprint density at radius 3 is 2.69 bits per heavy atom. The van der Waals surface area contributed by atoms with E-state index in [0.29, 0.717) is 25.7 Å². The van der Waals surface area contributed by atoms with E-state index >= 15 is 0 Å². The minimum absolute atomic E-state index is 0.0590. The summed E-state index contributed by atoms with van der Waals surface area (Å²) in [6.45, 7) is 6.52. The number of aliphatic carboxylic acids is 1. The van der Waals surface area contributed by atoms with Gasteiger partial charge >= 0.3 is 0 Å². The van der Waals surface area contributed by atoms with Crippen molar-refractivity contribution in [2.75, 3.05) is 0 Å². The third-order valence-corrected chi connectivity index (χ3v) is 9.65. The van der Waals surface area contributed by atoms with Crippen molar-refractivity contribution in [3.63, 3.8) is 0 Å². The van der Waals surface area contributed by atoms with Gasteiger partial charge in [0.25, 0.3) is 0 Å². The molecule has 0 saturated heterocycles. The third kappa shape index (κ3) is 3.11. The number of hydrogen-bond donors (Lipinski definition) is 2. The van der Waals surface area contributed by atoms with Gasteiger partial charge < -0.3 is 20.1 Å². The first kappa shape index (κ1) is 21.0. The highest BCUT2D eigenvalue weighted by Crippen LogP contribution is 2.67. The van der Waals surface area contributed by atoms with E-state index in [0.717, 1.165) is 24.8 Å². The molecule has 162 valence electrons. The molecule has 0 aromatic rings. The zero-order valence-corrected chi connectivity index (χ0v) is 17.9. The Kier molecular flexibility index (Phi) is 5.22. The molecular formula is C24H35O5-. The number of carbonyl (C=O) groups excluding carboxylic acids is 2. The maximum Gasteiger partial charge on any atom is 0.155 e. The summed E-state index contributed by atoms with van der Waals surface area (Å²) in [6.07, 6.45) is 6.00. The van der Waals surface area contributed by atoms with Crippen LogP contribution in [0.5, 0.6) is 0 Å². The lowest BCUT2D eigenvalue weighted by Crippen LogP contribution is -2.60. The molecular weight excluding hydrogens is 368 g/mol. The van der Waals surface area contributed by atoms with Gasteiger partial charge in [-0.3, -0.25) is 4.79 Å². The number of aliphatic hydroxyl groups is 2. The molecule has 3 fully saturated rings. The van der Waals surface area contributed by atoms with E-state index in [9.17, 15) is 24.9 Å². The topological polar surface area (TPSA) is 97.7 Å². The van der Waals surface area contributed by atoms with Gasteiger partial charge in [0.15, 0.2) is 5.78 Å². The first-order valence-electron chi connectivity index (χ1n) is 11.4. The first-order chi connectivity index (χ1) is 13.6. The highest BCUT2D eigenvalue weighted by atomic mass is 16.4. The number of carboxylic acid groups (broad SMARTS) is 1. The Morgan fingerprint density at radius 1 is 1.28 bits per heavy atom. The normalized spacial score (nSPS) is 47.6. The molecule has 29 heavy (non-hydrogen) atoms. The predicted molar refractivity (Wildman–Crippen MR) is 106 cm³/mol. The van der Waals surface area contributed by atoms with E-state index in [1.807, 2.05) is 0 Å². The predicted octanol–water partition coefficient (Wildman–Crippen LogP) is 2.24. The molecule has 4 aliphatic carbocycles. The van der Waals surface area contributed by atoms with Crippen molar-refractivity contribution in [1.82, 2.24) is 0 Å². The molecule has 0 aliphatic heterocycles. The van der Waals surface area contributed by atoms with Crippen LogP contribution in [-0.2, 0) is 9.59 Å². The maximum atomic E-state index is 12.0. The van der Waals surface area contributed by atoms with Gasteiger partial charge in [-0.2, -0.15) is 0 Å². The van der Waals surface area contributed by atoms with Crippen molar-refractivity contribution in [1.29, 1.82) is 0 Å². The van der Waals surface area contributed by atoms with Crippen molar-refractivity contribution in [2.24, 2.45) is 40.4 Å².